The van der Waals surface area contributed by atoms with E-state index in [9.17, 15) is 0 Å². The molecule has 0 amide bonds. The molecule has 0 nitrogen and oxygen atoms in total. The standard InChI is InChI=1S/C37H30.C15H20S.C15H16.C10H16S/c1-5-30-31(6-2)36-32-22-19-26(4)23-34(32)37(28-13-9-7-10-14-28,29-15-11-8-12-16-29)35(36)24-33(30)27-20-17-25(3)18-21-27;1-6-8-10-14-12(4)16-13(5)15(14)11(3)9-7-2;1-3-13-9-5-7-11-15(13)14-10-6-4-8-12(14)2;1-9-5-7-10(8-6-9)11(2,3)4/h5-24H,1-2H2,3-4H3;6,8-10H,1,7H2,2-5H3;4-11H,3H2,1-2H3;5-8H,1-4H3/b;10-8-,11-9-;;. The van der Waals surface area contributed by atoms with Gasteiger partial charge in [0.15, 0.2) is 0 Å². The minimum absolute atomic E-state index is 0.448. The lowest BCUT2D eigenvalue weighted by molar-refractivity contribution is 0.767. The second-order valence-electron chi connectivity index (χ2n) is 21.3. The Bertz CT molecular complexity index is 3550. The molecule has 79 heavy (non-hydrogen) atoms. The zero-order valence-corrected chi connectivity index (χ0v) is 50.8. The Hall–Kier alpha value is -7.49. The van der Waals surface area contributed by atoms with Crippen LogP contribution in [-0.2, 0) is 11.8 Å². The maximum absolute atomic E-state index is 4.30. The van der Waals surface area contributed by atoms with Crippen molar-refractivity contribution in [2.24, 2.45) is 0 Å². The molecule has 9 aromatic rings. The van der Waals surface area contributed by atoms with E-state index in [4.69, 9.17) is 0 Å². The lowest BCUT2D eigenvalue weighted by Crippen LogP contribution is -2.28. The molecule has 1 aromatic heterocycles. The highest BCUT2D eigenvalue weighted by atomic mass is 32.3. The summed E-state index contributed by atoms with van der Waals surface area (Å²) in [7, 11) is -0.520. The van der Waals surface area contributed by atoms with Crippen LogP contribution in [0.25, 0.3) is 57.2 Å². The van der Waals surface area contributed by atoms with Crippen molar-refractivity contribution < 1.29 is 0 Å². The van der Waals surface area contributed by atoms with Gasteiger partial charge in [0.1, 0.15) is 0 Å². The van der Waals surface area contributed by atoms with E-state index in [2.05, 4.69) is 295 Å². The molecule has 0 spiro atoms. The lowest BCUT2D eigenvalue weighted by Gasteiger charge is -2.34. The monoisotopic (exact) mass is 1070 g/mol. The van der Waals surface area contributed by atoms with Gasteiger partial charge in [0, 0.05) is 9.75 Å². The summed E-state index contributed by atoms with van der Waals surface area (Å²) in [4.78, 5) is 4.28. The van der Waals surface area contributed by atoms with Gasteiger partial charge in [0.2, 0.25) is 0 Å². The minimum atomic E-state index is -0.520. The van der Waals surface area contributed by atoms with Gasteiger partial charge in [-0.2, -0.15) is 0 Å². The van der Waals surface area contributed by atoms with E-state index in [0.717, 1.165) is 24.0 Å². The fourth-order valence-electron chi connectivity index (χ4n) is 11.1. The molecular formula is C77H82S2. The molecule has 0 radical (unpaired) electrons. The number of thiophene rings is 1. The van der Waals surface area contributed by atoms with Crippen LogP contribution in [0.4, 0.5) is 0 Å². The Morgan fingerprint density at radius 3 is 1.61 bits per heavy atom. The summed E-state index contributed by atoms with van der Waals surface area (Å²) in [6, 6.07) is 66.1. The summed E-state index contributed by atoms with van der Waals surface area (Å²) < 4.78 is 0. The molecule has 0 saturated heterocycles. The summed E-state index contributed by atoms with van der Waals surface area (Å²) in [6.07, 6.45) is 21.4. The SMILES string of the molecule is C=C/C=C\c1c(C)sc(C)c1/C(C)=C\CC.C=Cc1c(-c2ccc(C)cc2)cc2c(c1C=C)-c1ccc(C)cc1C2(c1ccccc1)c1ccccc1.CCc1ccccc1-c1ccccc1C.Cc1ccc(S(C)(C)C)cc1. The van der Waals surface area contributed by atoms with Gasteiger partial charge < -0.3 is 0 Å². The molecule has 402 valence electrons. The first-order valence-corrected chi connectivity index (χ1v) is 31.4. The van der Waals surface area contributed by atoms with Crippen molar-refractivity contribution in [2.75, 3.05) is 18.8 Å². The van der Waals surface area contributed by atoms with Crippen molar-refractivity contribution in [3.63, 3.8) is 0 Å². The van der Waals surface area contributed by atoms with E-state index >= 15 is 0 Å². The summed E-state index contributed by atoms with van der Waals surface area (Å²) >= 11 is 1.87. The van der Waals surface area contributed by atoms with Crippen molar-refractivity contribution in [2.45, 2.75) is 85.5 Å². The molecule has 1 aliphatic carbocycles. The maximum Gasteiger partial charge on any atom is 0.0714 e. The molecule has 10 rings (SSSR count). The molecule has 1 aliphatic rings. The highest BCUT2D eigenvalue weighted by Gasteiger charge is 2.47. The average Bonchev–Trinajstić information content (AvgIpc) is 3.24. The number of benzene rings is 8. The second kappa shape index (κ2) is 26.9. The summed E-state index contributed by atoms with van der Waals surface area (Å²) in [6.45, 7) is 31.8. The van der Waals surface area contributed by atoms with Crippen LogP contribution in [0.2, 0.25) is 0 Å². The third-order valence-corrected chi connectivity index (χ3v) is 17.7. The number of rotatable bonds is 12. The third kappa shape index (κ3) is 13.2. The maximum atomic E-state index is 4.30. The second-order valence-corrected chi connectivity index (χ2v) is 26.9. The van der Waals surface area contributed by atoms with Gasteiger partial charge in [-0.15, -0.1) is 11.3 Å². The zero-order valence-electron chi connectivity index (χ0n) is 49.1. The predicted molar refractivity (Wildman–Crippen MR) is 357 cm³/mol. The highest BCUT2D eigenvalue weighted by molar-refractivity contribution is 8.32. The van der Waals surface area contributed by atoms with Crippen molar-refractivity contribution >= 4 is 45.2 Å². The number of fused-ring (bicyclic) bond motifs is 3. The number of hydrogen-bond donors (Lipinski definition) is 0. The Kier molecular flexibility index (Phi) is 20.2. The van der Waals surface area contributed by atoms with E-state index < -0.39 is 15.4 Å². The fourth-order valence-corrected chi connectivity index (χ4v) is 13.1. The molecule has 8 aromatic carbocycles. The molecule has 0 bridgehead atoms. The molecular weight excluding hydrogens is 989 g/mol. The van der Waals surface area contributed by atoms with Crippen molar-refractivity contribution in [1.29, 1.82) is 0 Å². The van der Waals surface area contributed by atoms with Crippen LogP contribution in [0.15, 0.2) is 225 Å². The molecule has 0 aliphatic heterocycles. The molecule has 1 heterocycles. The zero-order chi connectivity index (χ0) is 56.9. The molecule has 0 saturated carbocycles. The predicted octanol–water partition coefficient (Wildman–Crippen LogP) is 22.3. The Labute approximate surface area is 481 Å². The first kappa shape index (κ1) is 59.2. The number of aryl methyl sites for hydroxylation is 7. The Balaban J connectivity index is 0.000000177. The van der Waals surface area contributed by atoms with Gasteiger partial charge in [-0.3, -0.25) is 0 Å². The van der Waals surface area contributed by atoms with Crippen LogP contribution < -0.4 is 0 Å². The van der Waals surface area contributed by atoms with Gasteiger partial charge >= 0.3 is 0 Å². The largest absolute Gasteiger partial charge is 0.223 e. The number of allylic oxidation sites excluding steroid dienone is 4. The van der Waals surface area contributed by atoms with Crippen LogP contribution in [0, 0.1) is 41.5 Å². The van der Waals surface area contributed by atoms with E-state index in [-0.39, 0.29) is 0 Å². The quantitative estimate of drug-likeness (QED) is 0.107. The van der Waals surface area contributed by atoms with Crippen molar-refractivity contribution in [3.8, 4) is 33.4 Å². The van der Waals surface area contributed by atoms with Crippen LogP contribution in [0.5, 0.6) is 0 Å². The lowest BCUT2D eigenvalue weighted by atomic mass is 9.67. The highest BCUT2D eigenvalue weighted by Crippen LogP contribution is 2.59. The molecule has 0 N–H and O–H groups in total. The smallest absolute Gasteiger partial charge is 0.0714 e. The van der Waals surface area contributed by atoms with Crippen LogP contribution in [0.3, 0.4) is 0 Å². The molecule has 2 heteroatoms. The summed E-state index contributed by atoms with van der Waals surface area (Å²) in [5.41, 5.74) is 25.3. The Morgan fingerprint density at radius 2 is 1.06 bits per heavy atom. The van der Waals surface area contributed by atoms with Crippen molar-refractivity contribution in [3.05, 3.63) is 302 Å². The molecule has 0 unspecified atom stereocenters. The normalized spacial score (nSPS) is 12.4. The topological polar surface area (TPSA) is 0 Å². The molecule has 0 fully saturated rings. The van der Waals surface area contributed by atoms with Crippen LogP contribution >= 0.6 is 21.4 Å². The van der Waals surface area contributed by atoms with Crippen LogP contribution in [-0.4, -0.2) is 18.8 Å². The van der Waals surface area contributed by atoms with E-state index in [0.29, 0.717) is 0 Å². The summed E-state index contributed by atoms with van der Waals surface area (Å²) in [5.74, 6) is 0. The van der Waals surface area contributed by atoms with Gasteiger partial charge in [-0.05, 0) is 198 Å². The van der Waals surface area contributed by atoms with E-state index in [1.165, 1.54) is 115 Å². The molecule has 0 atom stereocenters. The van der Waals surface area contributed by atoms with Crippen LogP contribution in [0.1, 0.15) is 109 Å². The average molecular weight is 1070 g/mol. The third-order valence-electron chi connectivity index (χ3n) is 15.0. The first-order valence-electron chi connectivity index (χ1n) is 27.7. The van der Waals surface area contributed by atoms with Gasteiger partial charge in [0.25, 0.3) is 0 Å². The van der Waals surface area contributed by atoms with Gasteiger partial charge in [-0.1, -0.05) is 251 Å². The van der Waals surface area contributed by atoms with E-state index in [1.54, 1.807) is 0 Å². The van der Waals surface area contributed by atoms with Gasteiger partial charge in [-0.25, -0.2) is 10.0 Å². The van der Waals surface area contributed by atoms with Crippen molar-refractivity contribution in [1.82, 2.24) is 0 Å². The Morgan fingerprint density at radius 1 is 0.519 bits per heavy atom. The number of hydrogen-bond acceptors (Lipinski definition) is 1. The first-order chi connectivity index (χ1) is 38.0. The summed E-state index contributed by atoms with van der Waals surface area (Å²) in [5, 5.41) is 0. The van der Waals surface area contributed by atoms with E-state index in [1.807, 2.05) is 35.6 Å². The van der Waals surface area contributed by atoms with Gasteiger partial charge in [0.05, 0.1) is 5.41 Å². The fraction of sp³-hybridized carbons (Fsp3) is 0.195. The minimum Gasteiger partial charge on any atom is -0.223 e.